The lowest BCUT2D eigenvalue weighted by Crippen LogP contribution is -2.23. The molecule has 1 atom stereocenters. The Labute approximate surface area is 133 Å². The smallest absolute Gasteiger partial charge is 0.253 e. The van der Waals surface area contributed by atoms with E-state index in [0.717, 1.165) is 16.2 Å². The van der Waals surface area contributed by atoms with Crippen molar-refractivity contribution in [3.63, 3.8) is 0 Å². The predicted octanol–water partition coefficient (Wildman–Crippen LogP) is 2.23. The molecule has 2 aromatic rings. The average molecular weight is 369 g/mol. The minimum atomic E-state index is -0.432. The van der Waals surface area contributed by atoms with Gasteiger partial charge in [0.05, 0.1) is 5.25 Å². The lowest BCUT2D eigenvalue weighted by Gasteiger charge is -2.11. The first-order valence-electron chi connectivity index (χ1n) is 6.04. The van der Waals surface area contributed by atoms with Crippen LogP contribution in [0.25, 0.3) is 0 Å². The Bertz CT molecular complexity index is 702. The molecule has 0 spiro atoms. The van der Waals surface area contributed by atoms with Crippen molar-refractivity contribution < 1.29 is 4.79 Å². The van der Waals surface area contributed by atoms with Crippen LogP contribution in [0.4, 0.5) is 11.5 Å². The Morgan fingerprint density at radius 2 is 2.10 bits per heavy atom. The molecule has 21 heavy (non-hydrogen) atoms. The van der Waals surface area contributed by atoms with E-state index >= 15 is 0 Å². The number of carbonyl (C=O) groups excluding carboxylic acids is 1. The Morgan fingerprint density at radius 3 is 2.71 bits per heavy atom. The molecular weight excluding hydrogens is 356 g/mol. The van der Waals surface area contributed by atoms with Crippen LogP contribution < -0.4 is 16.6 Å². The maximum atomic E-state index is 12.1. The number of thioether (sulfide) groups is 1. The van der Waals surface area contributed by atoms with Crippen LogP contribution in [0.2, 0.25) is 0 Å². The topological polar surface area (TPSA) is 101 Å². The van der Waals surface area contributed by atoms with E-state index in [1.54, 1.807) is 19.1 Å². The van der Waals surface area contributed by atoms with E-state index in [-0.39, 0.29) is 17.3 Å². The molecule has 6 nitrogen and oxygen atoms in total. The zero-order valence-electron chi connectivity index (χ0n) is 11.1. The van der Waals surface area contributed by atoms with Crippen molar-refractivity contribution in [1.82, 2.24) is 9.97 Å². The predicted molar refractivity (Wildman–Crippen MR) is 87.4 cm³/mol. The third kappa shape index (κ3) is 4.61. The summed E-state index contributed by atoms with van der Waals surface area (Å²) < 4.78 is 0.935. The molecular formula is C13H13BrN4O2S. The summed E-state index contributed by atoms with van der Waals surface area (Å²) in [7, 11) is 0. The van der Waals surface area contributed by atoms with E-state index in [9.17, 15) is 9.59 Å². The van der Waals surface area contributed by atoms with Gasteiger partial charge in [-0.25, -0.2) is 4.98 Å². The third-order valence-electron chi connectivity index (χ3n) is 2.51. The minimum absolute atomic E-state index is 0.127. The monoisotopic (exact) mass is 368 g/mol. The number of hydrogen-bond acceptors (Lipinski definition) is 5. The molecule has 8 heteroatoms. The first kappa shape index (κ1) is 15.6. The van der Waals surface area contributed by atoms with Gasteiger partial charge in [0.2, 0.25) is 5.91 Å². The van der Waals surface area contributed by atoms with Crippen molar-refractivity contribution in [3.8, 4) is 0 Å². The summed E-state index contributed by atoms with van der Waals surface area (Å²) in [6, 6.07) is 8.45. The number of nitrogens with one attached hydrogen (secondary N) is 2. The van der Waals surface area contributed by atoms with Gasteiger partial charge in [-0.1, -0.05) is 27.7 Å². The fraction of sp³-hybridized carbons (Fsp3) is 0.154. The lowest BCUT2D eigenvalue weighted by atomic mass is 10.3. The highest BCUT2D eigenvalue weighted by molar-refractivity contribution is 9.10. The molecule has 1 aromatic heterocycles. The van der Waals surface area contributed by atoms with Gasteiger partial charge in [0, 0.05) is 16.2 Å². The van der Waals surface area contributed by atoms with Crippen molar-refractivity contribution in [1.29, 1.82) is 0 Å². The molecule has 0 aliphatic heterocycles. The van der Waals surface area contributed by atoms with Crippen LogP contribution in [0.3, 0.4) is 0 Å². The van der Waals surface area contributed by atoms with Crippen LogP contribution in [-0.2, 0) is 4.79 Å². The number of nitrogen functional groups attached to an aromatic ring is 1. The molecule has 0 aliphatic rings. The first-order valence-corrected chi connectivity index (χ1v) is 7.71. The second-order valence-electron chi connectivity index (χ2n) is 4.23. The van der Waals surface area contributed by atoms with Gasteiger partial charge in [-0.3, -0.25) is 9.59 Å². The largest absolute Gasteiger partial charge is 0.383 e. The highest BCUT2D eigenvalue weighted by atomic mass is 79.9. The van der Waals surface area contributed by atoms with Crippen LogP contribution in [0.5, 0.6) is 0 Å². The maximum Gasteiger partial charge on any atom is 0.253 e. The van der Waals surface area contributed by atoms with E-state index in [0.29, 0.717) is 10.8 Å². The van der Waals surface area contributed by atoms with Crippen molar-refractivity contribution in [3.05, 3.63) is 45.2 Å². The van der Waals surface area contributed by atoms with Gasteiger partial charge in [0.15, 0.2) is 5.16 Å². The van der Waals surface area contributed by atoms with Crippen molar-refractivity contribution in [2.75, 3.05) is 11.1 Å². The summed E-state index contributed by atoms with van der Waals surface area (Å²) in [6.45, 7) is 1.72. The number of halogens is 1. The van der Waals surface area contributed by atoms with Crippen molar-refractivity contribution in [2.24, 2.45) is 0 Å². The first-order chi connectivity index (χ1) is 9.94. The average Bonchev–Trinajstić information content (AvgIpc) is 2.40. The Balaban J connectivity index is 2.02. The zero-order chi connectivity index (χ0) is 15.4. The van der Waals surface area contributed by atoms with Gasteiger partial charge in [-0.05, 0) is 31.2 Å². The molecule has 0 saturated carbocycles. The Morgan fingerprint density at radius 1 is 1.43 bits per heavy atom. The van der Waals surface area contributed by atoms with Gasteiger partial charge in [-0.2, -0.15) is 0 Å². The second kappa shape index (κ2) is 6.77. The summed E-state index contributed by atoms with van der Waals surface area (Å²) in [6.07, 6.45) is 0. The van der Waals surface area contributed by atoms with E-state index in [1.807, 2.05) is 12.1 Å². The number of nitrogens with zero attached hydrogens (tertiary/aromatic N) is 1. The second-order valence-corrected chi connectivity index (χ2v) is 6.48. The molecule has 2 rings (SSSR count). The molecule has 110 valence electrons. The number of hydrogen-bond donors (Lipinski definition) is 3. The van der Waals surface area contributed by atoms with Gasteiger partial charge in [-0.15, -0.1) is 0 Å². The van der Waals surface area contributed by atoms with Crippen LogP contribution in [0, 0.1) is 0 Å². The lowest BCUT2D eigenvalue weighted by molar-refractivity contribution is -0.115. The highest BCUT2D eigenvalue weighted by Gasteiger charge is 2.16. The van der Waals surface area contributed by atoms with Gasteiger partial charge in [0.1, 0.15) is 5.82 Å². The quantitative estimate of drug-likeness (QED) is 0.567. The summed E-state index contributed by atoms with van der Waals surface area (Å²) in [5.74, 6) is -0.0610. The Hall–Kier alpha value is -1.80. The third-order valence-corrected chi connectivity index (χ3v) is 4.02. The highest BCUT2D eigenvalue weighted by Crippen LogP contribution is 2.21. The number of amides is 1. The molecule has 0 fully saturated rings. The fourth-order valence-corrected chi connectivity index (χ4v) is 2.59. The molecule has 0 aliphatic carbocycles. The van der Waals surface area contributed by atoms with E-state index in [4.69, 9.17) is 5.73 Å². The number of nitrogens with two attached hydrogens (primary N) is 1. The SMILES string of the molecule is C[C@@H](Sc1nc(N)cc(=O)[nH]1)C(=O)Nc1ccc(Br)cc1. The molecule has 0 bridgehead atoms. The number of carbonyl (C=O) groups is 1. The molecule has 0 unspecified atom stereocenters. The normalized spacial score (nSPS) is 11.9. The molecule has 0 radical (unpaired) electrons. The van der Waals surface area contributed by atoms with Gasteiger partial charge < -0.3 is 16.0 Å². The molecule has 1 amide bonds. The van der Waals surface area contributed by atoms with Crippen molar-refractivity contribution >= 4 is 45.1 Å². The molecule has 0 saturated heterocycles. The fourth-order valence-electron chi connectivity index (χ4n) is 1.51. The van der Waals surface area contributed by atoms with Gasteiger partial charge in [0.25, 0.3) is 5.56 Å². The van der Waals surface area contributed by atoms with Gasteiger partial charge >= 0.3 is 0 Å². The number of benzene rings is 1. The standard InChI is InChI=1S/C13H13BrN4O2S/c1-7(21-13-17-10(15)6-11(19)18-13)12(20)16-9-4-2-8(14)3-5-9/h2-7H,1H3,(H,16,20)(H3,15,17,18,19)/t7-/m1/s1. The number of H-pyrrole nitrogens is 1. The molecule has 4 N–H and O–H groups in total. The van der Waals surface area contributed by atoms with Crippen LogP contribution in [0.15, 0.2) is 44.8 Å². The summed E-state index contributed by atoms with van der Waals surface area (Å²) in [5.41, 5.74) is 5.86. The summed E-state index contributed by atoms with van der Waals surface area (Å²) >= 11 is 4.46. The van der Waals surface area contributed by atoms with Crippen LogP contribution in [0.1, 0.15) is 6.92 Å². The summed E-state index contributed by atoms with van der Waals surface area (Å²) in [4.78, 5) is 29.9. The number of rotatable bonds is 4. The minimum Gasteiger partial charge on any atom is -0.383 e. The number of anilines is 2. The van der Waals surface area contributed by atoms with E-state index in [1.165, 1.54) is 6.07 Å². The Kier molecular flexibility index (Phi) is 5.03. The van der Waals surface area contributed by atoms with E-state index < -0.39 is 5.25 Å². The maximum absolute atomic E-state index is 12.1. The number of aromatic amines is 1. The zero-order valence-corrected chi connectivity index (χ0v) is 13.5. The van der Waals surface area contributed by atoms with Crippen LogP contribution >= 0.6 is 27.7 Å². The van der Waals surface area contributed by atoms with E-state index in [2.05, 4.69) is 31.2 Å². The van der Waals surface area contributed by atoms with Crippen molar-refractivity contribution in [2.45, 2.75) is 17.3 Å². The summed E-state index contributed by atoms with van der Waals surface area (Å²) in [5, 5.41) is 2.67. The molecule has 1 heterocycles. The number of aromatic nitrogens is 2. The molecule has 1 aromatic carbocycles. The van der Waals surface area contributed by atoms with Crippen LogP contribution in [-0.4, -0.2) is 21.1 Å².